The van der Waals surface area contributed by atoms with Gasteiger partial charge in [-0.1, -0.05) is 6.07 Å². The molecule has 0 aliphatic carbocycles. The van der Waals surface area contributed by atoms with Crippen LogP contribution in [0.15, 0.2) is 24.3 Å². The van der Waals surface area contributed by atoms with Gasteiger partial charge in [0.15, 0.2) is 0 Å². The van der Waals surface area contributed by atoms with Gasteiger partial charge in [-0.05, 0) is 30.5 Å². The summed E-state index contributed by atoms with van der Waals surface area (Å²) in [6.07, 6.45) is 0.968. The van der Waals surface area contributed by atoms with Crippen molar-refractivity contribution in [3.8, 4) is 6.07 Å². The summed E-state index contributed by atoms with van der Waals surface area (Å²) in [4.78, 5) is 24.3. The van der Waals surface area contributed by atoms with E-state index < -0.39 is 5.97 Å². The first-order valence-electron chi connectivity index (χ1n) is 6.12. The van der Waals surface area contributed by atoms with E-state index >= 15 is 0 Å². The van der Waals surface area contributed by atoms with E-state index in [1.807, 2.05) is 6.07 Å². The lowest BCUT2D eigenvalue weighted by atomic mass is 9.92. The summed E-state index contributed by atoms with van der Waals surface area (Å²) in [6.45, 7) is 0.506. The number of rotatable bonds is 3. The van der Waals surface area contributed by atoms with E-state index in [1.165, 1.54) is 0 Å². The standard InChI is InChI=1S/C14H14N2O3/c15-9-11-2-1-3-12(6-11)16-5-4-10(7-13(16)17)8-14(18)19/h1-3,6,10H,4-5,7-8H2,(H,18,19). The predicted molar refractivity (Wildman–Crippen MR) is 68.5 cm³/mol. The smallest absolute Gasteiger partial charge is 0.303 e. The molecule has 1 aromatic carbocycles. The second kappa shape index (κ2) is 5.53. The van der Waals surface area contributed by atoms with E-state index in [2.05, 4.69) is 0 Å². The summed E-state index contributed by atoms with van der Waals surface area (Å²) in [5.74, 6) is -1.02. The lowest BCUT2D eigenvalue weighted by Gasteiger charge is -2.31. The molecule has 1 heterocycles. The molecule has 1 saturated heterocycles. The molecule has 0 bridgehead atoms. The Hall–Kier alpha value is -2.35. The molecule has 1 fully saturated rings. The molecule has 19 heavy (non-hydrogen) atoms. The maximum absolute atomic E-state index is 12.0. The van der Waals surface area contributed by atoms with Crippen molar-refractivity contribution >= 4 is 17.6 Å². The highest BCUT2D eigenvalue weighted by Crippen LogP contribution is 2.26. The Bertz CT molecular complexity index is 548. The van der Waals surface area contributed by atoms with Crippen LogP contribution in [0.25, 0.3) is 0 Å². The molecule has 1 aliphatic rings. The molecular formula is C14H14N2O3. The van der Waals surface area contributed by atoms with Crippen molar-refractivity contribution in [2.75, 3.05) is 11.4 Å². The van der Waals surface area contributed by atoms with E-state index in [0.717, 1.165) is 0 Å². The largest absolute Gasteiger partial charge is 0.481 e. The van der Waals surface area contributed by atoms with E-state index in [1.54, 1.807) is 29.2 Å². The van der Waals surface area contributed by atoms with Gasteiger partial charge in [-0.15, -0.1) is 0 Å². The average molecular weight is 258 g/mol. The first-order valence-corrected chi connectivity index (χ1v) is 6.12. The van der Waals surface area contributed by atoms with Crippen LogP contribution < -0.4 is 4.90 Å². The number of piperidine rings is 1. The molecule has 98 valence electrons. The summed E-state index contributed by atoms with van der Waals surface area (Å²) in [5.41, 5.74) is 1.22. The Morgan fingerprint density at radius 1 is 1.53 bits per heavy atom. The normalized spacial score (nSPS) is 19.0. The van der Waals surface area contributed by atoms with Crippen LogP contribution in [-0.2, 0) is 9.59 Å². The first kappa shape index (κ1) is 13.1. The maximum atomic E-state index is 12.0. The van der Waals surface area contributed by atoms with Crippen molar-refractivity contribution in [3.63, 3.8) is 0 Å². The van der Waals surface area contributed by atoms with Gasteiger partial charge >= 0.3 is 5.97 Å². The Labute approximate surface area is 111 Å². The number of benzene rings is 1. The third kappa shape index (κ3) is 3.10. The topological polar surface area (TPSA) is 81.4 Å². The third-order valence-electron chi connectivity index (χ3n) is 3.28. The molecule has 0 spiro atoms. The van der Waals surface area contributed by atoms with Gasteiger partial charge in [0.25, 0.3) is 0 Å². The fourth-order valence-corrected chi connectivity index (χ4v) is 2.33. The minimum absolute atomic E-state index is 0.0395. The van der Waals surface area contributed by atoms with Crippen LogP contribution in [0.2, 0.25) is 0 Å². The Morgan fingerprint density at radius 3 is 2.95 bits per heavy atom. The van der Waals surface area contributed by atoms with Gasteiger partial charge in [-0.3, -0.25) is 9.59 Å². The molecule has 1 aliphatic heterocycles. The molecule has 1 atom stereocenters. The van der Waals surface area contributed by atoms with Crippen LogP contribution >= 0.6 is 0 Å². The average Bonchev–Trinajstić information content (AvgIpc) is 2.38. The number of nitriles is 1. The fourth-order valence-electron chi connectivity index (χ4n) is 2.33. The quantitative estimate of drug-likeness (QED) is 0.895. The number of hydrogen-bond acceptors (Lipinski definition) is 3. The molecule has 0 saturated carbocycles. The highest BCUT2D eigenvalue weighted by molar-refractivity contribution is 5.94. The van der Waals surface area contributed by atoms with Crippen molar-refractivity contribution in [1.82, 2.24) is 0 Å². The lowest BCUT2D eigenvalue weighted by Crippen LogP contribution is -2.39. The second-order valence-corrected chi connectivity index (χ2v) is 4.66. The number of carbonyl (C=O) groups excluding carboxylic acids is 1. The van der Waals surface area contributed by atoms with Crippen molar-refractivity contribution in [2.24, 2.45) is 5.92 Å². The highest BCUT2D eigenvalue weighted by Gasteiger charge is 2.28. The summed E-state index contributed by atoms with van der Waals surface area (Å²) < 4.78 is 0. The van der Waals surface area contributed by atoms with Gasteiger partial charge in [0.2, 0.25) is 5.91 Å². The Kier molecular flexibility index (Phi) is 3.81. The highest BCUT2D eigenvalue weighted by atomic mass is 16.4. The molecule has 1 unspecified atom stereocenters. The predicted octanol–water partition coefficient (Wildman–Crippen LogP) is 1.78. The Balaban J connectivity index is 2.09. The molecule has 2 rings (SSSR count). The SMILES string of the molecule is N#Cc1cccc(N2CCC(CC(=O)O)CC2=O)c1. The zero-order valence-corrected chi connectivity index (χ0v) is 10.4. The van der Waals surface area contributed by atoms with Gasteiger partial charge in [0.1, 0.15) is 0 Å². The van der Waals surface area contributed by atoms with Gasteiger partial charge in [0, 0.05) is 25.1 Å². The number of amides is 1. The molecular weight excluding hydrogens is 244 g/mol. The molecule has 0 aromatic heterocycles. The summed E-state index contributed by atoms with van der Waals surface area (Å²) in [5, 5.41) is 17.6. The van der Waals surface area contributed by atoms with Crippen LogP contribution in [0.3, 0.4) is 0 Å². The summed E-state index contributed by atoms with van der Waals surface area (Å²) in [7, 11) is 0. The molecule has 1 N–H and O–H groups in total. The molecule has 0 radical (unpaired) electrons. The van der Waals surface area contributed by atoms with Crippen LogP contribution in [-0.4, -0.2) is 23.5 Å². The molecule has 1 aromatic rings. The van der Waals surface area contributed by atoms with E-state index in [4.69, 9.17) is 10.4 Å². The van der Waals surface area contributed by atoms with Crippen LogP contribution in [0.1, 0.15) is 24.8 Å². The van der Waals surface area contributed by atoms with Crippen LogP contribution in [0.5, 0.6) is 0 Å². The zero-order valence-electron chi connectivity index (χ0n) is 10.4. The van der Waals surface area contributed by atoms with Crippen molar-refractivity contribution in [3.05, 3.63) is 29.8 Å². The fraction of sp³-hybridized carbons (Fsp3) is 0.357. The minimum Gasteiger partial charge on any atom is -0.481 e. The zero-order chi connectivity index (χ0) is 13.8. The number of carboxylic acids is 1. The second-order valence-electron chi connectivity index (χ2n) is 4.66. The number of hydrogen-bond donors (Lipinski definition) is 1. The number of carboxylic acid groups (broad SMARTS) is 1. The summed E-state index contributed by atoms with van der Waals surface area (Å²) in [6, 6.07) is 8.93. The van der Waals surface area contributed by atoms with Crippen LogP contribution in [0.4, 0.5) is 5.69 Å². The summed E-state index contributed by atoms with van der Waals surface area (Å²) >= 11 is 0. The van der Waals surface area contributed by atoms with Gasteiger partial charge < -0.3 is 10.0 Å². The molecule has 5 nitrogen and oxygen atoms in total. The monoisotopic (exact) mass is 258 g/mol. The van der Waals surface area contributed by atoms with Crippen molar-refractivity contribution < 1.29 is 14.7 Å². The van der Waals surface area contributed by atoms with E-state index in [0.29, 0.717) is 24.2 Å². The van der Waals surface area contributed by atoms with Crippen molar-refractivity contribution in [1.29, 1.82) is 5.26 Å². The number of nitrogens with zero attached hydrogens (tertiary/aromatic N) is 2. The number of anilines is 1. The van der Waals surface area contributed by atoms with Gasteiger partial charge in [-0.2, -0.15) is 5.26 Å². The minimum atomic E-state index is -0.863. The third-order valence-corrected chi connectivity index (χ3v) is 3.28. The molecule has 5 heteroatoms. The van der Waals surface area contributed by atoms with E-state index in [9.17, 15) is 9.59 Å². The lowest BCUT2D eigenvalue weighted by molar-refractivity contribution is -0.138. The van der Waals surface area contributed by atoms with Crippen LogP contribution in [0, 0.1) is 17.2 Å². The van der Waals surface area contributed by atoms with Gasteiger partial charge in [0.05, 0.1) is 11.6 Å². The van der Waals surface area contributed by atoms with Crippen molar-refractivity contribution in [2.45, 2.75) is 19.3 Å². The molecule has 1 amide bonds. The first-order chi connectivity index (χ1) is 9.10. The number of carbonyl (C=O) groups is 2. The van der Waals surface area contributed by atoms with Gasteiger partial charge in [-0.25, -0.2) is 0 Å². The van der Waals surface area contributed by atoms with E-state index in [-0.39, 0.29) is 24.7 Å². The Morgan fingerprint density at radius 2 is 2.32 bits per heavy atom. The maximum Gasteiger partial charge on any atom is 0.303 e. The number of aliphatic carboxylic acids is 1.